The summed E-state index contributed by atoms with van der Waals surface area (Å²) in [6.45, 7) is 4.62. The highest BCUT2D eigenvalue weighted by Crippen LogP contribution is 2.71. The van der Waals surface area contributed by atoms with E-state index in [-0.39, 0.29) is 18.3 Å². The number of Topliss-reactive ketones (excluding diaryl/α,β-unsaturated/α-hetero) is 1. The lowest BCUT2D eigenvalue weighted by Crippen LogP contribution is -2.71. The first kappa shape index (κ1) is 22.6. The third-order valence-corrected chi connectivity index (χ3v) is 8.64. The highest BCUT2D eigenvalue weighted by Gasteiger charge is 2.79. The quantitative estimate of drug-likeness (QED) is 0.530. The standard InChI is InChI=1S/C24H30O9/c1-13-19(27)20(28)24(12-30-14(2)25)18(5-4-7-22(24)11-31-22)23(13)9-17(16-6-8-29-10-16)33-21(23)32-15(3)26/h6,8,10,13,17-18,20-21,28H,4-5,7,9,11-12H2,1-3H3/t13-,17-,18+,20+,21+,22+,23-,24+/m0/s1. The Morgan fingerprint density at radius 3 is 2.64 bits per heavy atom. The van der Waals surface area contributed by atoms with Crippen LogP contribution < -0.4 is 0 Å². The lowest BCUT2D eigenvalue weighted by atomic mass is 9.42. The van der Waals surface area contributed by atoms with Crippen molar-refractivity contribution in [2.24, 2.45) is 22.7 Å². The van der Waals surface area contributed by atoms with E-state index in [2.05, 4.69) is 0 Å². The van der Waals surface area contributed by atoms with Crippen molar-refractivity contribution in [1.82, 2.24) is 0 Å². The van der Waals surface area contributed by atoms with Crippen LogP contribution in [0.3, 0.4) is 0 Å². The van der Waals surface area contributed by atoms with Gasteiger partial charge in [0.05, 0.1) is 30.7 Å². The van der Waals surface area contributed by atoms with Crippen molar-refractivity contribution in [2.45, 2.75) is 70.6 Å². The molecule has 9 heteroatoms. The molecule has 4 aliphatic rings. The molecule has 2 spiro atoms. The summed E-state index contributed by atoms with van der Waals surface area (Å²) in [5.74, 6) is -2.38. The number of rotatable bonds is 4. The molecule has 1 N–H and O–H groups in total. The number of hydrogen-bond acceptors (Lipinski definition) is 9. The molecule has 0 aromatic carbocycles. The summed E-state index contributed by atoms with van der Waals surface area (Å²) < 4.78 is 28.7. The minimum absolute atomic E-state index is 0.141. The molecule has 33 heavy (non-hydrogen) atoms. The van der Waals surface area contributed by atoms with Crippen molar-refractivity contribution in [3.8, 4) is 0 Å². The fraction of sp³-hybridized carbons (Fsp3) is 0.708. The Hall–Kier alpha value is -2.23. The van der Waals surface area contributed by atoms with E-state index < -0.39 is 52.8 Å². The summed E-state index contributed by atoms with van der Waals surface area (Å²) in [5.41, 5.74) is -2.05. The Bertz CT molecular complexity index is 951. The third kappa shape index (κ3) is 3.05. The van der Waals surface area contributed by atoms with E-state index in [0.29, 0.717) is 25.9 Å². The van der Waals surface area contributed by atoms with Crippen LogP contribution in [-0.4, -0.2) is 54.0 Å². The summed E-state index contributed by atoms with van der Waals surface area (Å²) in [7, 11) is 0. The first-order valence-corrected chi connectivity index (χ1v) is 11.5. The van der Waals surface area contributed by atoms with Crippen molar-refractivity contribution < 1.29 is 42.9 Å². The lowest BCUT2D eigenvalue weighted by Gasteiger charge is -2.61. The Kier molecular flexibility index (Phi) is 5.23. The number of fused-ring (bicyclic) bond motifs is 3. The second kappa shape index (κ2) is 7.65. The molecule has 0 amide bonds. The summed E-state index contributed by atoms with van der Waals surface area (Å²) in [4.78, 5) is 37.6. The van der Waals surface area contributed by atoms with Crippen LogP contribution in [0.5, 0.6) is 0 Å². The second-order valence-electron chi connectivity index (χ2n) is 10.0. The Balaban J connectivity index is 1.66. The van der Waals surface area contributed by atoms with Gasteiger partial charge in [-0.15, -0.1) is 0 Å². The summed E-state index contributed by atoms with van der Waals surface area (Å²) in [5, 5.41) is 11.5. The molecule has 2 aliphatic heterocycles. The molecule has 4 fully saturated rings. The maximum absolute atomic E-state index is 13.7. The first-order chi connectivity index (χ1) is 15.7. The molecule has 180 valence electrons. The summed E-state index contributed by atoms with van der Waals surface area (Å²) in [6, 6.07) is 1.79. The van der Waals surface area contributed by atoms with Gasteiger partial charge in [-0.1, -0.05) is 13.3 Å². The molecule has 0 bridgehead atoms. The Morgan fingerprint density at radius 2 is 2.03 bits per heavy atom. The minimum Gasteiger partial charge on any atom is -0.472 e. The molecule has 2 saturated heterocycles. The third-order valence-electron chi connectivity index (χ3n) is 8.64. The van der Waals surface area contributed by atoms with E-state index in [1.165, 1.54) is 13.8 Å². The first-order valence-electron chi connectivity index (χ1n) is 11.5. The molecule has 8 atom stereocenters. The SMILES string of the molecule is CC(=O)OC[C@]12[C@H](O)C(=O)[C@H](C)[C@@]3(C[C@@H](c4ccoc4)O[C@H]3OC(C)=O)[C@H]1CCC[C@@]21CO1. The smallest absolute Gasteiger partial charge is 0.304 e. The zero-order valence-electron chi connectivity index (χ0n) is 19.1. The van der Waals surface area contributed by atoms with Gasteiger partial charge in [0, 0.05) is 30.7 Å². The molecule has 2 saturated carbocycles. The molecular formula is C24H30O9. The van der Waals surface area contributed by atoms with Gasteiger partial charge in [0.25, 0.3) is 0 Å². The summed E-state index contributed by atoms with van der Waals surface area (Å²) >= 11 is 0. The monoisotopic (exact) mass is 462 g/mol. The van der Waals surface area contributed by atoms with Crippen LogP contribution in [0.25, 0.3) is 0 Å². The molecular weight excluding hydrogens is 432 g/mol. The Morgan fingerprint density at radius 1 is 1.27 bits per heavy atom. The molecule has 9 nitrogen and oxygen atoms in total. The van der Waals surface area contributed by atoms with Crippen LogP contribution >= 0.6 is 0 Å². The number of carbonyl (C=O) groups excluding carboxylic acids is 3. The molecule has 2 aliphatic carbocycles. The van der Waals surface area contributed by atoms with Crippen LogP contribution in [-0.2, 0) is 33.3 Å². The average molecular weight is 462 g/mol. The second-order valence-corrected chi connectivity index (χ2v) is 10.0. The average Bonchev–Trinajstić information content (AvgIpc) is 3.19. The molecule has 5 rings (SSSR count). The van der Waals surface area contributed by atoms with Crippen LogP contribution in [0.15, 0.2) is 23.0 Å². The fourth-order valence-electron chi connectivity index (χ4n) is 7.05. The number of ether oxygens (including phenoxy) is 4. The van der Waals surface area contributed by atoms with Crippen LogP contribution in [0.1, 0.15) is 58.1 Å². The highest BCUT2D eigenvalue weighted by atomic mass is 16.7. The number of furan rings is 1. The molecule has 0 unspecified atom stereocenters. The van der Waals surface area contributed by atoms with Crippen molar-refractivity contribution in [2.75, 3.05) is 13.2 Å². The van der Waals surface area contributed by atoms with Gasteiger partial charge in [-0.3, -0.25) is 14.4 Å². The Labute approximate surface area is 191 Å². The van der Waals surface area contributed by atoms with E-state index in [1.54, 1.807) is 25.5 Å². The molecule has 0 radical (unpaired) electrons. The van der Waals surface area contributed by atoms with Crippen LogP contribution in [0.4, 0.5) is 0 Å². The minimum atomic E-state index is -1.36. The van der Waals surface area contributed by atoms with Crippen molar-refractivity contribution in [3.05, 3.63) is 24.2 Å². The van der Waals surface area contributed by atoms with Crippen LogP contribution in [0, 0.1) is 22.7 Å². The molecule has 1 aromatic heterocycles. The normalized spacial score (nSPS) is 44.0. The number of aliphatic hydroxyl groups excluding tert-OH is 1. The number of ketones is 1. The van der Waals surface area contributed by atoms with Gasteiger partial charge >= 0.3 is 11.9 Å². The summed E-state index contributed by atoms with van der Waals surface area (Å²) in [6.07, 6.45) is 2.82. The van der Waals surface area contributed by atoms with Gasteiger partial charge in [0.2, 0.25) is 6.29 Å². The zero-order chi connectivity index (χ0) is 23.6. The number of hydrogen-bond donors (Lipinski definition) is 1. The van der Waals surface area contributed by atoms with Crippen molar-refractivity contribution in [3.63, 3.8) is 0 Å². The van der Waals surface area contributed by atoms with Gasteiger partial charge in [0.1, 0.15) is 18.3 Å². The maximum atomic E-state index is 13.7. The lowest BCUT2D eigenvalue weighted by molar-refractivity contribution is -0.255. The number of epoxide rings is 1. The van der Waals surface area contributed by atoms with Gasteiger partial charge in [-0.05, 0) is 31.2 Å². The molecule has 1 aromatic rings. The van der Waals surface area contributed by atoms with E-state index in [1.807, 2.05) is 0 Å². The van der Waals surface area contributed by atoms with Gasteiger partial charge < -0.3 is 28.5 Å². The van der Waals surface area contributed by atoms with E-state index in [9.17, 15) is 19.5 Å². The van der Waals surface area contributed by atoms with Crippen LogP contribution in [0.2, 0.25) is 0 Å². The topological polar surface area (TPSA) is 125 Å². The maximum Gasteiger partial charge on any atom is 0.304 e. The predicted octanol–water partition coefficient (Wildman–Crippen LogP) is 2.31. The fourth-order valence-corrected chi connectivity index (χ4v) is 7.05. The van der Waals surface area contributed by atoms with E-state index in [4.69, 9.17) is 23.4 Å². The zero-order valence-corrected chi connectivity index (χ0v) is 19.1. The van der Waals surface area contributed by atoms with Gasteiger partial charge in [0.15, 0.2) is 5.78 Å². The van der Waals surface area contributed by atoms with Gasteiger partial charge in [-0.2, -0.15) is 0 Å². The van der Waals surface area contributed by atoms with E-state index in [0.717, 1.165) is 12.0 Å². The van der Waals surface area contributed by atoms with Gasteiger partial charge in [-0.25, -0.2) is 0 Å². The van der Waals surface area contributed by atoms with Crippen molar-refractivity contribution in [1.29, 1.82) is 0 Å². The largest absolute Gasteiger partial charge is 0.472 e. The highest BCUT2D eigenvalue weighted by molar-refractivity contribution is 5.88. The van der Waals surface area contributed by atoms with Crippen molar-refractivity contribution >= 4 is 17.7 Å². The number of aliphatic hydroxyl groups is 1. The predicted molar refractivity (Wildman–Crippen MR) is 110 cm³/mol. The number of carbonyl (C=O) groups is 3. The molecule has 3 heterocycles. The number of esters is 2. The van der Waals surface area contributed by atoms with E-state index >= 15 is 0 Å².